The number of aromatic nitrogens is 3. The molecular weight excluding hydrogens is 218 g/mol. The minimum Gasteiger partial charge on any atom is -0.337 e. The minimum atomic E-state index is 0.698. The molecule has 0 aliphatic rings. The van der Waals surface area contributed by atoms with Crippen molar-refractivity contribution in [2.24, 2.45) is 0 Å². The number of H-pyrrole nitrogens is 1. The molecule has 0 spiro atoms. The SMILES string of the molecule is S=c1[nH]ccn1-c1cccc2cnccc12. The Kier molecular flexibility index (Phi) is 2.08. The van der Waals surface area contributed by atoms with Gasteiger partial charge in [-0.1, -0.05) is 12.1 Å². The average Bonchev–Trinajstić information content (AvgIpc) is 2.75. The molecule has 4 heteroatoms. The van der Waals surface area contributed by atoms with Gasteiger partial charge in [0.15, 0.2) is 4.77 Å². The Morgan fingerprint density at radius 2 is 2.19 bits per heavy atom. The standard InChI is InChI=1S/C12H9N3S/c16-12-14-6-7-15(12)11-3-1-2-9-8-13-5-4-10(9)11/h1-8H,(H,14,16). The van der Waals surface area contributed by atoms with Crippen LogP contribution in [0.1, 0.15) is 0 Å². The van der Waals surface area contributed by atoms with E-state index in [0.29, 0.717) is 4.77 Å². The molecule has 0 radical (unpaired) electrons. The zero-order chi connectivity index (χ0) is 11.0. The number of nitrogens with zero attached hydrogens (tertiary/aromatic N) is 2. The quantitative estimate of drug-likeness (QED) is 0.648. The van der Waals surface area contributed by atoms with Gasteiger partial charge in [0.05, 0.1) is 5.69 Å². The van der Waals surface area contributed by atoms with E-state index >= 15 is 0 Å². The summed E-state index contributed by atoms with van der Waals surface area (Å²) in [5.41, 5.74) is 1.08. The molecular formula is C12H9N3S. The van der Waals surface area contributed by atoms with Crippen LogP contribution in [0.3, 0.4) is 0 Å². The van der Waals surface area contributed by atoms with Crippen molar-refractivity contribution in [3.8, 4) is 5.69 Å². The van der Waals surface area contributed by atoms with E-state index in [1.807, 2.05) is 47.4 Å². The third-order valence-electron chi connectivity index (χ3n) is 2.57. The molecule has 2 aromatic heterocycles. The number of pyridine rings is 1. The first-order chi connectivity index (χ1) is 7.86. The van der Waals surface area contributed by atoms with Crippen molar-refractivity contribution >= 4 is 23.0 Å². The number of imidazole rings is 1. The third kappa shape index (κ3) is 1.35. The Morgan fingerprint density at radius 1 is 1.25 bits per heavy atom. The van der Waals surface area contributed by atoms with Crippen LogP contribution in [0, 0.1) is 4.77 Å². The maximum atomic E-state index is 5.22. The molecule has 0 fully saturated rings. The number of aromatic amines is 1. The topological polar surface area (TPSA) is 33.6 Å². The van der Waals surface area contributed by atoms with Crippen LogP contribution in [0.25, 0.3) is 16.5 Å². The zero-order valence-corrected chi connectivity index (χ0v) is 9.24. The lowest BCUT2D eigenvalue weighted by molar-refractivity contribution is 1.04. The van der Waals surface area contributed by atoms with Crippen LogP contribution in [0.4, 0.5) is 0 Å². The lowest BCUT2D eigenvalue weighted by atomic mass is 10.1. The third-order valence-corrected chi connectivity index (χ3v) is 2.88. The van der Waals surface area contributed by atoms with Crippen LogP contribution in [0.15, 0.2) is 49.1 Å². The van der Waals surface area contributed by atoms with E-state index in [1.165, 1.54) is 0 Å². The molecule has 78 valence electrons. The van der Waals surface area contributed by atoms with E-state index < -0.39 is 0 Å². The van der Waals surface area contributed by atoms with Crippen molar-refractivity contribution in [1.82, 2.24) is 14.5 Å². The Balaban J connectivity index is 2.41. The van der Waals surface area contributed by atoms with E-state index in [0.717, 1.165) is 16.5 Å². The van der Waals surface area contributed by atoms with Crippen LogP contribution >= 0.6 is 12.2 Å². The van der Waals surface area contributed by atoms with Crippen molar-refractivity contribution in [3.05, 3.63) is 53.8 Å². The van der Waals surface area contributed by atoms with Gasteiger partial charge in [0, 0.05) is 35.6 Å². The molecule has 0 aliphatic carbocycles. The van der Waals surface area contributed by atoms with Crippen LogP contribution in [0.5, 0.6) is 0 Å². The van der Waals surface area contributed by atoms with Gasteiger partial charge in [-0.3, -0.25) is 9.55 Å². The summed E-state index contributed by atoms with van der Waals surface area (Å²) in [6, 6.07) is 8.10. The molecule has 16 heavy (non-hydrogen) atoms. The molecule has 1 aromatic carbocycles. The van der Waals surface area contributed by atoms with Crippen LogP contribution in [0.2, 0.25) is 0 Å². The highest BCUT2D eigenvalue weighted by Crippen LogP contribution is 2.21. The molecule has 0 saturated carbocycles. The molecule has 0 amide bonds. The highest BCUT2D eigenvalue weighted by Gasteiger charge is 2.02. The predicted molar refractivity (Wildman–Crippen MR) is 66.3 cm³/mol. The van der Waals surface area contributed by atoms with Gasteiger partial charge >= 0.3 is 0 Å². The Bertz CT molecular complexity index is 691. The van der Waals surface area contributed by atoms with E-state index in [4.69, 9.17) is 12.2 Å². The van der Waals surface area contributed by atoms with Gasteiger partial charge in [-0.25, -0.2) is 0 Å². The van der Waals surface area contributed by atoms with Crippen LogP contribution < -0.4 is 0 Å². The molecule has 1 N–H and O–H groups in total. The minimum absolute atomic E-state index is 0.698. The highest BCUT2D eigenvalue weighted by molar-refractivity contribution is 7.71. The summed E-state index contributed by atoms with van der Waals surface area (Å²) < 4.78 is 2.65. The second kappa shape index (κ2) is 3.57. The lowest BCUT2D eigenvalue weighted by Crippen LogP contribution is -1.93. The summed E-state index contributed by atoms with van der Waals surface area (Å²) in [5.74, 6) is 0. The molecule has 0 unspecified atom stereocenters. The van der Waals surface area contributed by atoms with Gasteiger partial charge in [-0.2, -0.15) is 0 Å². The summed E-state index contributed by atoms with van der Waals surface area (Å²) >= 11 is 5.22. The predicted octanol–water partition coefficient (Wildman–Crippen LogP) is 3.08. The normalized spacial score (nSPS) is 10.8. The zero-order valence-electron chi connectivity index (χ0n) is 8.42. The smallest absolute Gasteiger partial charge is 0.181 e. The summed E-state index contributed by atoms with van der Waals surface area (Å²) in [6.45, 7) is 0. The van der Waals surface area contributed by atoms with Gasteiger partial charge in [0.25, 0.3) is 0 Å². The lowest BCUT2D eigenvalue weighted by Gasteiger charge is -2.06. The highest BCUT2D eigenvalue weighted by atomic mass is 32.1. The van der Waals surface area contributed by atoms with Crippen molar-refractivity contribution in [2.45, 2.75) is 0 Å². The van der Waals surface area contributed by atoms with Crippen molar-refractivity contribution < 1.29 is 0 Å². The van der Waals surface area contributed by atoms with E-state index in [9.17, 15) is 0 Å². The van der Waals surface area contributed by atoms with E-state index in [2.05, 4.69) is 9.97 Å². The summed E-state index contributed by atoms with van der Waals surface area (Å²) in [5, 5.41) is 2.26. The molecule has 3 nitrogen and oxygen atoms in total. The maximum Gasteiger partial charge on any atom is 0.181 e. The Labute approximate surface area is 97.4 Å². The largest absolute Gasteiger partial charge is 0.337 e. The Hall–Kier alpha value is -1.94. The molecule has 0 bridgehead atoms. The Morgan fingerprint density at radius 3 is 3.00 bits per heavy atom. The number of hydrogen-bond donors (Lipinski definition) is 1. The van der Waals surface area contributed by atoms with Gasteiger partial charge in [-0.05, 0) is 24.4 Å². The van der Waals surface area contributed by atoms with Crippen LogP contribution in [-0.2, 0) is 0 Å². The molecule has 0 saturated heterocycles. The van der Waals surface area contributed by atoms with Crippen molar-refractivity contribution in [2.75, 3.05) is 0 Å². The fourth-order valence-corrected chi connectivity index (χ4v) is 2.05. The first kappa shape index (κ1) is 9.30. The number of benzene rings is 1. The van der Waals surface area contributed by atoms with E-state index in [1.54, 1.807) is 6.20 Å². The first-order valence-electron chi connectivity index (χ1n) is 4.95. The number of rotatable bonds is 1. The monoisotopic (exact) mass is 227 g/mol. The number of hydrogen-bond acceptors (Lipinski definition) is 2. The second-order valence-corrected chi connectivity index (χ2v) is 3.90. The second-order valence-electron chi connectivity index (χ2n) is 3.51. The molecule has 2 heterocycles. The summed E-state index contributed by atoms with van der Waals surface area (Å²) in [6.07, 6.45) is 7.41. The summed E-state index contributed by atoms with van der Waals surface area (Å²) in [4.78, 5) is 7.11. The van der Waals surface area contributed by atoms with Gasteiger partial charge in [0.1, 0.15) is 0 Å². The fraction of sp³-hybridized carbons (Fsp3) is 0. The van der Waals surface area contributed by atoms with Crippen molar-refractivity contribution in [1.29, 1.82) is 0 Å². The fourth-order valence-electron chi connectivity index (χ4n) is 1.83. The molecule has 0 aliphatic heterocycles. The molecule has 0 atom stereocenters. The molecule has 3 rings (SSSR count). The maximum absolute atomic E-state index is 5.22. The molecule has 3 aromatic rings. The van der Waals surface area contributed by atoms with Gasteiger partial charge in [0.2, 0.25) is 0 Å². The summed E-state index contributed by atoms with van der Waals surface area (Å²) in [7, 11) is 0. The van der Waals surface area contributed by atoms with Crippen molar-refractivity contribution in [3.63, 3.8) is 0 Å². The van der Waals surface area contributed by atoms with Gasteiger partial charge in [-0.15, -0.1) is 0 Å². The average molecular weight is 227 g/mol. The first-order valence-corrected chi connectivity index (χ1v) is 5.36. The van der Waals surface area contributed by atoms with Crippen LogP contribution in [-0.4, -0.2) is 14.5 Å². The van der Waals surface area contributed by atoms with E-state index in [-0.39, 0.29) is 0 Å². The van der Waals surface area contributed by atoms with Gasteiger partial charge < -0.3 is 4.98 Å². The number of fused-ring (bicyclic) bond motifs is 1. The number of nitrogens with one attached hydrogen (secondary N) is 1.